The average Bonchev–Trinajstić information content (AvgIpc) is 1.83. The van der Waals surface area contributed by atoms with Gasteiger partial charge in [-0.25, -0.2) is 4.79 Å². The van der Waals surface area contributed by atoms with Gasteiger partial charge in [0, 0.05) is 6.21 Å². The highest BCUT2D eigenvalue weighted by Gasteiger charge is 1.94. The molecule has 0 aromatic heterocycles. The summed E-state index contributed by atoms with van der Waals surface area (Å²) >= 11 is 0. The van der Waals surface area contributed by atoms with Gasteiger partial charge in [0.05, 0.1) is 7.11 Å². The summed E-state index contributed by atoms with van der Waals surface area (Å²) in [4.78, 5) is 14.1. The van der Waals surface area contributed by atoms with Crippen molar-refractivity contribution in [3.8, 4) is 0 Å². The number of hydrogen-bond donors (Lipinski definition) is 0. The van der Waals surface area contributed by atoms with E-state index in [2.05, 4.69) is 14.7 Å². The van der Waals surface area contributed by atoms with E-state index in [0.717, 1.165) is 0 Å². The minimum atomic E-state index is -0.803. The Labute approximate surface area is 47.1 Å². The predicted octanol–water partition coefficient (Wildman–Crippen LogP) is 0.775. The van der Waals surface area contributed by atoms with Gasteiger partial charge in [-0.2, -0.15) is 0 Å². The molecule has 0 radical (unpaired) electrons. The summed E-state index contributed by atoms with van der Waals surface area (Å²) < 4.78 is 4.08. The maximum absolute atomic E-state index is 10.0. The van der Waals surface area contributed by atoms with E-state index in [1.165, 1.54) is 13.3 Å². The molecule has 0 rings (SSSR count). The Hall–Kier alpha value is -1.06. The SMILES string of the molecule is C/C=N/OC(=O)OC. The standard InChI is InChI=1S/C4H7NO3/c1-3-5-8-4(6)7-2/h3H,1-2H3/b5-3+. The van der Waals surface area contributed by atoms with Crippen LogP contribution in [0.2, 0.25) is 0 Å². The maximum atomic E-state index is 10.0. The maximum Gasteiger partial charge on any atom is 0.534 e. The molecular formula is C4H7NO3. The van der Waals surface area contributed by atoms with Crippen molar-refractivity contribution >= 4 is 12.4 Å². The van der Waals surface area contributed by atoms with E-state index in [1.807, 2.05) is 0 Å². The van der Waals surface area contributed by atoms with Gasteiger partial charge in [0.15, 0.2) is 0 Å². The predicted molar refractivity (Wildman–Crippen MR) is 27.7 cm³/mol. The van der Waals surface area contributed by atoms with Gasteiger partial charge in [0.25, 0.3) is 0 Å². The zero-order chi connectivity index (χ0) is 6.41. The topological polar surface area (TPSA) is 47.9 Å². The van der Waals surface area contributed by atoms with Crippen molar-refractivity contribution in [2.75, 3.05) is 7.11 Å². The first-order valence-corrected chi connectivity index (χ1v) is 2.04. The first-order valence-electron chi connectivity index (χ1n) is 2.04. The number of rotatable bonds is 1. The molecule has 0 aromatic carbocycles. The van der Waals surface area contributed by atoms with E-state index in [9.17, 15) is 4.79 Å². The molecule has 0 unspecified atom stereocenters. The molecule has 0 aliphatic carbocycles. The Balaban J connectivity index is 3.25. The molecule has 0 aliphatic heterocycles. The lowest BCUT2D eigenvalue weighted by Gasteiger charge is -1.89. The molecule has 0 spiro atoms. The molecular weight excluding hydrogens is 110 g/mol. The van der Waals surface area contributed by atoms with Crippen LogP contribution in [-0.4, -0.2) is 19.5 Å². The fourth-order valence-corrected chi connectivity index (χ4v) is 0.133. The molecule has 0 fully saturated rings. The molecule has 0 saturated heterocycles. The van der Waals surface area contributed by atoms with E-state index in [0.29, 0.717) is 0 Å². The number of carbonyl (C=O) groups is 1. The van der Waals surface area contributed by atoms with Crippen molar-refractivity contribution in [1.29, 1.82) is 0 Å². The second kappa shape index (κ2) is 4.11. The normalized spacial score (nSPS) is 9.25. The minimum absolute atomic E-state index is 0.803. The number of methoxy groups -OCH3 is 1. The third kappa shape index (κ3) is 3.14. The van der Waals surface area contributed by atoms with E-state index < -0.39 is 6.16 Å². The van der Waals surface area contributed by atoms with Gasteiger partial charge in [-0.1, -0.05) is 5.16 Å². The van der Waals surface area contributed by atoms with Crippen LogP contribution in [0.1, 0.15) is 6.92 Å². The molecule has 0 bridgehead atoms. The van der Waals surface area contributed by atoms with Crippen molar-refractivity contribution in [2.24, 2.45) is 5.16 Å². The van der Waals surface area contributed by atoms with Crippen LogP contribution < -0.4 is 0 Å². The molecule has 0 heterocycles. The lowest BCUT2D eigenvalue weighted by Crippen LogP contribution is -1.97. The highest BCUT2D eigenvalue weighted by molar-refractivity contribution is 5.61. The summed E-state index contributed by atoms with van der Waals surface area (Å²) in [5, 5.41) is 3.14. The van der Waals surface area contributed by atoms with Gasteiger partial charge >= 0.3 is 6.16 Å². The summed E-state index contributed by atoms with van der Waals surface area (Å²) in [5.74, 6) is 0. The van der Waals surface area contributed by atoms with Crippen LogP contribution in [0.3, 0.4) is 0 Å². The van der Waals surface area contributed by atoms with Crippen LogP contribution in [0, 0.1) is 0 Å². The summed E-state index contributed by atoms with van der Waals surface area (Å²) in [5.41, 5.74) is 0. The average molecular weight is 117 g/mol. The number of ether oxygens (including phenoxy) is 1. The van der Waals surface area contributed by atoms with Crippen molar-refractivity contribution < 1.29 is 14.4 Å². The van der Waals surface area contributed by atoms with Gasteiger partial charge < -0.3 is 4.74 Å². The van der Waals surface area contributed by atoms with Crippen LogP contribution in [0.15, 0.2) is 5.16 Å². The molecule has 8 heavy (non-hydrogen) atoms. The highest BCUT2D eigenvalue weighted by Crippen LogP contribution is 1.79. The Morgan fingerprint density at radius 3 is 2.75 bits per heavy atom. The number of carbonyl (C=O) groups excluding carboxylic acids is 1. The third-order valence-corrected chi connectivity index (χ3v) is 0.399. The first-order chi connectivity index (χ1) is 3.81. The fourth-order valence-electron chi connectivity index (χ4n) is 0.133. The van der Waals surface area contributed by atoms with E-state index in [-0.39, 0.29) is 0 Å². The quantitative estimate of drug-likeness (QED) is 0.220. The molecule has 0 amide bonds. The number of oxime groups is 1. The highest BCUT2D eigenvalue weighted by atomic mass is 16.8. The van der Waals surface area contributed by atoms with Crippen molar-refractivity contribution in [3.05, 3.63) is 0 Å². The molecule has 0 aromatic rings. The van der Waals surface area contributed by atoms with Gasteiger partial charge in [0.2, 0.25) is 0 Å². The molecule has 0 atom stereocenters. The second-order valence-corrected chi connectivity index (χ2v) is 0.909. The van der Waals surface area contributed by atoms with Gasteiger partial charge in [0.1, 0.15) is 0 Å². The van der Waals surface area contributed by atoms with E-state index in [4.69, 9.17) is 0 Å². The first kappa shape index (κ1) is 6.94. The number of hydrogen-bond acceptors (Lipinski definition) is 4. The largest absolute Gasteiger partial charge is 0.534 e. The zero-order valence-corrected chi connectivity index (χ0v) is 4.75. The van der Waals surface area contributed by atoms with Crippen LogP contribution in [-0.2, 0) is 9.57 Å². The van der Waals surface area contributed by atoms with Gasteiger partial charge in [-0.3, -0.25) is 4.84 Å². The zero-order valence-electron chi connectivity index (χ0n) is 4.75. The Bertz CT molecular complexity index is 99.5. The summed E-state index contributed by atoms with van der Waals surface area (Å²) in [6.07, 6.45) is 0.541. The lowest BCUT2D eigenvalue weighted by atomic mass is 10.9. The van der Waals surface area contributed by atoms with Gasteiger partial charge in [-0.15, -0.1) is 0 Å². The van der Waals surface area contributed by atoms with Crippen LogP contribution in [0.25, 0.3) is 0 Å². The summed E-state index contributed by atoms with van der Waals surface area (Å²) in [6.45, 7) is 1.63. The van der Waals surface area contributed by atoms with Crippen molar-refractivity contribution in [3.63, 3.8) is 0 Å². The molecule has 0 N–H and O–H groups in total. The van der Waals surface area contributed by atoms with E-state index in [1.54, 1.807) is 6.92 Å². The van der Waals surface area contributed by atoms with Gasteiger partial charge in [-0.05, 0) is 6.92 Å². The monoisotopic (exact) mass is 117 g/mol. The minimum Gasteiger partial charge on any atom is -0.436 e. The second-order valence-electron chi connectivity index (χ2n) is 0.909. The van der Waals surface area contributed by atoms with Crippen molar-refractivity contribution in [1.82, 2.24) is 0 Å². The van der Waals surface area contributed by atoms with Crippen LogP contribution in [0.4, 0.5) is 4.79 Å². The summed E-state index contributed by atoms with van der Waals surface area (Å²) in [7, 11) is 1.22. The Morgan fingerprint density at radius 2 is 2.38 bits per heavy atom. The lowest BCUT2D eigenvalue weighted by molar-refractivity contribution is 0.0758. The molecule has 4 heteroatoms. The van der Waals surface area contributed by atoms with E-state index >= 15 is 0 Å². The van der Waals surface area contributed by atoms with Crippen LogP contribution >= 0.6 is 0 Å². The van der Waals surface area contributed by atoms with Crippen LogP contribution in [0.5, 0.6) is 0 Å². The molecule has 4 nitrogen and oxygen atoms in total. The summed E-state index contributed by atoms with van der Waals surface area (Å²) in [6, 6.07) is 0. The number of nitrogens with zero attached hydrogens (tertiary/aromatic N) is 1. The van der Waals surface area contributed by atoms with Crippen molar-refractivity contribution in [2.45, 2.75) is 6.92 Å². The molecule has 0 saturated carbocycles. The Kier molecular flexibility index (Phi) is 3.56. The smallest absolute Gasteiger partial charge is 0.436 e. The molecule has 46 valence electrons. The molecule has 0 aliphatic rings. The third-order valence-electron chi connectivity index (χ3n) is 0.399. The fraction of sp³-hybridized carbons (Fsp3) is 0.500. The Morgan fingerprint density at radius 1 is 1.75 bits per heavy atom.